The van der Waals surface area contributed by atoms with Gasteiger partial charge in [0.2, 0.25) is 0 Å². The maximum absolute atomic E-state index is 13.9. The van der Waals surface area contributed by atoms with E-state index in [-0.39, 0.29) is 17.9 Å². The first-order chi connectivity index (χ1) is 12.1. The molecule has 0 radical (unpaired) electrons. The average Bonchev–Trinajstić information content (AvgIpc) is 3.09. The Morgan fingerprint density at radius 1 is 1.32 bits per heavy atom. The number of rotatable bonds is 8. The zero-order chi connectivity index (χ0) is 18.1. The van der Waals surface area contributed by atoms with E-state index in [1.807, 2.05) is 16.9 Å². The quantitative estimate of drug-likeness (QED) is 0.434. The largest absolute Gasteiger partial charge is 0.434 e. The van der Waals surface area contributed by atoms with Gasteiger partial charge < -0.3 is 15.4 Å². The van der Waals surface area contributed by atoms with Gasteiger partial charge in [0.25, 0.3) is 0 Å². The second-order valence-corrected chi connectivity index (χ2v) is 5.07. The van der Waals surface area contributed by atoms with Crippen LogP contribution in [0.15, 0.2) is 41.7 Å². The fourth-order valence-electron chi connectivity index (χ4n) is 2.19. The lowest BCUT2D eigenvalue weighted by atomic mass is 10.2. The molecule has 136 valence electrons. The molecule has 1 aromatic heterocycles. The average molecular weight is 355 g/mol. The molecule has 0 aliphatic heterocycles. The molecule has 0 fully saturated rings. The number of ether oxygens (including phenoxy) is 1. The smallest absolute Gasteiger partial charge is 0.387 e. The van der Waals surface area contributed by atoms with Gasteiger partial charge in [-0.15, -0.1) is 0 Å². The first-order valence-corrected chi connectivity index (χ1v) is 7.74. The lowest BCUT2D eigenvalue weighted by Crippen LogP contribution is -2.37. The van der Waals surface area contributed by atoms with Crippen LogP contribution >= 0.6 is 0 Å². The van der Waals surface area contributed by atoms with E-state index in [2.05, 4.69) is 25.5 Å². The van der Waals surface area contributed by atoms with Gasteiger partial charge in [0.05, 0.1) is 0 Å². The van der Waals surface area contributed by atoms with Gasteiger partial charge in [-0.1, -0.05) is 6.07 Å². The zero-order valence-electron chi connectivity index (χ0n) is 13.8. The van der Waals surface area contributed by atoms with Crippen molar-refractivity contribution < 1.29 is 17.9 Å². The molecule has 2 N–H and O–H groups in total. The van der Waals surface area contributed by atoms with Gasteiger partial charge in [-0.25, -0.2) is 4.39 Å². The Balaban J connectivity index is 1.84. The van der Waals surface area contributed by atoms with E-state index in [4.69, 9.17) is 0 Å². The summed E-state index contributed by atoms with van der Waals surface area (Å²) >= 11 is 0. The SMILES string of the molecule is CN=C(NCCCn1cccn1)NCc1c(F)cccc1OC(F)F. The standard InChI is InChI=1S/C16H20F3N5O/c1-20-16(21-7-3-9-24-10-4-8-23-24)22-11-12-13(17)5-2-6-14(12)25-15(18)19/h2,4-6,8,10,15H,3,7,9,11H2,1H3,(H2,20,21,22). The highest BCUT2D eigenvalue weighted by atomic mass is 19.3. The van der Waals surface area contributed by atoms with Crippen LogP contribution in [0.1, 0.15) is 12.0 Å². The van der Waals surface area contributed by atoms with Gasteiger partial charge in [-0.3, -0.25) is 9.67 Å². The third-order valence-electron chi connectivity index (χ3n) is 3.36. The molecule has 1 heterocycles. The van der Waals surface area contributed by atoms with Crippen molar-refractivity contribution >= 4 is 5.96 Å². The minimum Gasteiger partial charge on any atom is -0.434 e. The summed E-state index contributed by atoms with van der Waals surface area (Å²) in [5.41, 5.74) is 0.0160. The third-order valence-corrected chi connectivity index (χ3v) is 3.36. The van der Waals surface area contributed by atoms with Crippen LogP contribution in [-0.4, -0.2) is 35.9 Å². The molecule has 25 heavy (non-hydrogen) atoms. The van der Waals surface area contributed by atoms with Crippen LogP contribution in [0, 0.1) is 5.82 Å². The molecule has 0 atom stereocenters. The van der Waals surface area contributed by atoms with E-state index >= 15 is 0 Å². The number of hydrogen-bond acceptors (Lipinski definition) is 3. The Morgan fingerprint density at radius 3 is 2.84 bits per heavy atom. The number of aliphatic imine (C=N–C) groups is 1. The number of hydrogen-bond donors (Lipinski definition) is 2. The zero-order valence-corrected chi connectivity index (χ0v) is 13.8. The number of guanidine groups is 1. The highest BCUT2D eigenvalue weighted by Gasteiger charge is 2.14. The van der Waals surface area contributed by atoms with Gasteiger partial charge in [-0.05, 0) is 24.6 Å². The first-order valence-electron chi connectivity index (χ1n) is 7.74. The Morgan fingerprint density at radius 2 is 2.16 bits per heavy atom. The highest BCUT2D eigenvalue weighted by Crippen LogP contribution is 2.23. The molecular weight excluding hydrogens is 335 g/mol. The second kappa shape index (κ2) is 9.55. The maximum Gasteiger partial charge on any atom is 0.387 e. The fraction of sp³-hybridized carbons (Fsp3) is 0.375. The van der Waals surface area contributed by atoms with Gasteiger partial charge in [0, 0.05) is 44.6 Å². The number of aryl methyl sites for hydroxylation is 1. The lowest BCUT2D eigenvalue weighted by Gasteiger charge is -2.15. The fourth-order valence-corrected chi connectivity index (χ4v) is 2.19. The van der Waals surface area contributed by atoms with Crippen molar-refractivity contribution in [3.05, 3.63) is 48.0 Å². The minimum absolute atomic E-state index is 0.0160. The van der Waals surface area contributed by atoms with Crippen LogP contribution in [-0.2, 0) is 13.1 Å². The maximum atomic E-state index is 13.9. The predicted octanol–water partition coefficient (Wildman–Crippen LogP) is 2.38. The summed E-state index contributed by atoms with van der Waals surface area (Å²) in [4.78, 5) is 4.02. The molecule has 0 bridgehead atoms. The van der Waals surface area contributed by atoms with E-state index in [1.54, 1.807) is 13.2 Å². The number of benzene rings is 1. The summed E-state index contributed by atoms with van der Waals surface area (Å²) in [5.74, 6) is -0.386. The van der Waals surface area contributed by atoms with Crippen LogP contribution in [0.25, 0.3) is 0 Å². The van der Waals surface area contributed by atoms with E-state index in [0.29, 0.717) is 12.5 Å². The molecule has 0 amide bonds. The summed E-state index contributed by atoms with van der Waals surface area (Å²) < 4.78 is 44.9. The van der Waals surface area contributed by atoms with Crippen LogP contribution in [0.5, 0.6) is 5.75 Å². The van der Waals surface area contributed by atoms with Crippen molar-refractivity contribution in [2.24, 2.45) is 4.99 Å². The third kappa shape index (κ3) is 6.02. The van der Waals surface area contributed by atoms with Crippen molar-refractivity contribution in [1.82, 2.24) is 20.4 Å². The van der Waals surface area contributed by atoms with E-state index in [1.165, 1.54) is 18.2 Å². The highest BCUT2D eigenvalue weighted by molar-refractivity contribution is 5.79. The number of nitrogens with one attached hydrogen (secondary N) is 2. The van der Waals surface area contributed by atoms with E-state index in [0.717, 1.165) is 13.0 Å². The molecule has 1 aromatic carbocycles. The molecular formula is C16H20F3N5O. The van der Waals surface area contributed by atoms with Crippen LogP contribution in [0.3, 0.4) is 0 Å². The van der Waals surface area contributed by atoms with Crippen molar-refractivity contribution in [3.8, 4) is 5.75 Å². The Bertz CT molecular complexity index is 676. The van der Waals surface area contributed by atoms with Crippen molar-refractivity contribution in [3.63, 3.8) is 0 Å². The van der Waals surface area contributed by atoms with E-state index in [9.17, 15) is 13.2 Å². The Kier molecular flexibility index (Phi) is 7.12. The van der Waals surface area contributed by atoms with Gasteiger partial charge in [0.1, 0.15) is 11.6 Å². The molecule has 0 spiro atoms. The van der Waals surface area contributed by atoms with Gasteiger partial charge in [0.15, 0.2) is 5.96 Å². The van der Waals surface area contributed by atoms with Crippen molar-refractivity contribution in [2.45, 2.75) is 26.1 Å². The molecule has 0 saturated heterocycles. The monoisotopic (exact) mass is 355 g/mol. The summed E-state index contributed by atoms with van der Waals surface area (Å²) in [6.45, 7) is -1.68. The number of nitrogens with zero attached hydrogens (tertiary/aromatic N) is 3. The minimum atomic E-state index is -3.01. The molecule has 2 rings (SSSR count). The summed E-state index contributed by atoms with van der Waals surface area (Å²) in [7, 11) is 1.57. The lowest BCUT2D eigenvalue weighted by molar-refractivity contribution is -0.0506. The van der Waals surface area contributed by atoms with Crippen molar-refractivity contribution in [2.75, 3.05) is 13.6 Å². The first kappa shape index (κ1) is 18.6. The van der Waals surface area contributed by atoms with Crippen LogP contribution in [0.4, 0.5) is 13.2 Å². The second-order valence-electron chi connectivity index (χ2n) is 5.07. The molecule has 6 nitrogen and oxygen atoms in total. The molecule has 0 unspecified atom stereocenters. The predicted molar refractivity (Wildman–Crippen MR) is 88.1 cm³/mol. The molecule has 9 heteroatoms. The normalized spacial score (nSPS) is 11.6. The topological polar surface area (TPSA) is 63.5 Å². The number of aromatic nitrogens is 2. The number of halogens is 3. The van der Waals surface area contributed by atoms with Gasteiger partial charge >= 0.3 is 6.61 Å². The molecule has 2 aromatic rings. The van der Waals surface area contributed by atoms with E-state index < -0.39 is 12.4 Å². The Labute approximate surface area is 143 Å². The summed E-state index contributed by atoms with van der Waals surface area (Å²) in [6.07, 6.45) is 4.39. The van der Waals surface area contributed by atoms with Crippen molar-refractivity contribution in [1.29, 1.82) is 0 Å². The van der Waals surface area contributed by atoms with Crippen LogP contribution in [0.2, 0.25) is 0 Å². The number of alkyl halides is 2. The molecule has 0 saturated carbocycles. The van der Waals surface area contributed by atoms with Crippen LogP contribution < -0.4 is 15.4 Å². The molecule has 0 aliphatic rings. The Hall–Kier alpha value is -2.71. The summed E-state index contributed by atoms with van der Waals surface area (Å²) in [6, 6.07) is 5.66. The van der Waals surface area contributed by atoms with Gasteiger partial charge in [-0.2, -0.15) is 13.9 Å². The summed E-state index contributed by atoms with van der Waals surface area (Å²) in [5, 5.41) is 10.1. The molecule has 0 aliphatic carbocycles.